The van der Waals surface area contributed by atoms with Gasteiger partial charge < -0.3 is 10.1 Å². The highest BCUT2D eigenvalue weighted by Crippen LogP contribution is 2.19. The van der Waals surface area contributed by atoms with Crippen LogP contribution in [0.1, 0.15) is 13.8 Å². The van der Waals surface area contributed by atoms with Gasteiger partial charge in [0.05, 0.1) is 17.6 Å². The first kappa shape index (κ1) is 13.4. The summed E-state index contributed by atoms with van der Waals surface area (Å²) < 4.78 is 5.51. The predicted molar refractivity (Wildman–Crippen MR) is 66.3 cm³/mol. The van der Waals surface area contributed by atoms with Gasteiger partial charge in [-0.15, -0.1) is 0 Å². The van der Waals surface area contributed by atoms with E-state index in [1.165, 1.54) is 12.1 Å². The van der Waals surface area contributed by atoms with Crippen LogP contribution < -0.4 is 10.1 Å². The lowest BCUT2D eigenvalue weighted by Gasteiger charge is -2.13. The first-order chi connectivity index (χ1) is 8.13. The third kappa shape index (κ3) is 4.82. The Morgan fingerprint density at radius 1 is 1.53 bits per heavy atom. The number of nitrogens with one attached hydrogen (secondary N) is 1. The van der Waals surface area contributed by atoms with Gasteiger partial charge in [-0.25, -0.2) is 0 Å². The zero-order chi connectivity index (χ0) is 12.7. The summed E-state index contributed by atoms with van der Waals surface area (Å²) >= 11 is 0. The Kier molecular flexibility index (Phi) is 5.42. The number of nitro groups is 1. The number of rotatable bonds is 7. The van der Waals surface area contributed by atoms with Gasteiger partial charge in [0.1, 0.15) is 5.75 Å². The van der Waals surface area contributed by atoms with Gasteiger partial charge in [-0.1, -0.05) is 19.9 Å². The van der Waals surface area contributed by atoms with Crippen LogP contribution in [0.15, 0.2) is 24.3 Å². The predicted octanol–water partition coefficient (Wildman–Crippen LogP) is 2.22. The molecule has 5 nitrogen and oxygen atoms in total. The molecule has 1 rings (SSSR count). The summed E-state index contributed by atoms with van der Waals surface area (Å²) in [6.45, 7) is 6.48. The third-order valence-corrected chi connectivity index (χ3v) is 2.31. The molecule has 94 valence electrons. The molecule has 1 atom stereocenters. The van der Waals surface area contributed by atoms with Crippen LogP contribution in [-0.2, 0) is 0 Å². The second kappa shape index (κ2) is 6.85. The molecule has 0 fully saturated rings. The van der Waals surface area contributed by atoms with Crippen LogP contribution in [-0.4, -0.2) is 24.6 Å². The van der Waals surface area contributed by atoms with Crippen molar-refractivity contribution in [3.8, 4) is 5.75 Å². The highest BCUT2D eigenvalue weighted by Gasteiger charge is 2.07. The Hall–Kier alpha value is -1.62. The highest BCUT2D eigenvalue weighted by molar-refractivity contribution is 5.37. The molecule has 0 saturated heterocycles. The number of hydrogen-bond acceptors (Lipinski definition) is 4. The van der Waals surface area contributed by atoms with Gasteiger partial charge in [0.15, 0.2) is 0 Å². The fourth-order valence-corrected chi connectivity index (χ4v) is 1.38. The van der Waals surface area contributed by atoms with Gasteiger partial charge in [-0.2, -0.15) is 0 Å². The summed E-state index contributed by atoms with van der Waals surface area (Å²) in [7, 11) is 0. The zero-order valence-corrected chi connectivity index (χ0v) is 10.2. The number of nitrogens with zero attached hydrogens (tertiary/aromatic N) is 1. The minimum atomic E-state index is -0.422. The minimum Gasteiger partial charge on any atom is -0.493 e. The van der Waals surface area contributed by atoms with Crippen molar-refractivity contribution in [2.45, 2.75) is 13.8 Å². The standard InChI is InChI=1S/C12H18N2O3/c1-3-13-8-10(2)9-17-12-6-4-5-11(7-12)14(15)16/h4-7,10,13H,3,8-9H2,1-2H3. The maximum Gasteiger partial charge on any atom is 0.273 e. The van der Waals surface area contributed by atoms with Crippen LogP contribution in [0.3, 0.4) is 0 Å². The van der Waals surface area contributed by atoms with Gasteiger partial charge in [0.25, 0.3) is 5.69 Å². The van der Waals surface area contributed by atoms with Crippen molar-refractivity contribution in [1.82, 2.24) is 5.32 Å². The second-order valence-corrected chi connectivity index (χ2v) is 3.98. The first-order valence-electron chi connectivity index (χ1n) is 5.71. The maximum absolute atomic E-state index is 10.6. The summed E-state index contributed by atoms with van der Waals surface area (Å²) in [6.07, 6.45) is 0. The smallest absolute Gasteiger partial charge is 0.273 e. The monoisotopic (exact) mass is 238 g/mol. The molecule has 1 aromatic carbocycles. The average Bonchev–Trinajstić information content (AvgIpc) is 2.34. The maximum atomic E-state index is 10.6. The van der Waals surface area contributed by atoms with Crippen molar-refractivity contribution in [3.05, 3.63) is 34.4 Å². The highest BCUT2D eigenvalue weighted by atomic mass is 16.6. The Labute approximate surface area is 101 Å². The van der Waals surface area contributed by atoms with Crippen LogP contribution in [0.5, 0.6) is 5.75 Å². The lowest BCUT2D eigenvalue weighted by Crippen LogP contribution is -2.24. The Balaban J connectivity index is 2.46. The van der Waals surface area contributed by atoms with Crippen LogP contribution in [0, 0.1) is 16.0 Å². The lowest BCUT2D eigenvalue weighted by atomic mass is 10.2. The molecule has 0 aliphatic carbocycles. The number of benzene rings is 1. The van der Waals surface area contributed by atoms with Crippen LogP contribution in [0.4, 0.5) is 5.69 Å². The Bertz CT molecular complexity index is 369. The number of ether oxygens (including phenoxy) is 1. The fourth-order valence-electron chi connectivity index (χ4n) is 1.38. The average molecular weight is 238 g/mol. The molecule has 1 aromatic rings. The second-order valence-electron chi connectivity index (χ2n) is 3.98. The molecular weight excluding hydrogens is 220 g/mol. The summed E-state index contributed by atoms with van der Waals surface area (Å²) in [5.74, 6) is 0.914. The van der Waals surface area contributed by atoms with E-state index in [9.17, 15) is 10.1 Å². The van der Waals surface area contributed by atoms with Crippen molar-refractivity contribution in [2.24, 2.45) is 5.92 Å². The lowest BCUT2D eigenvalue weighted by molar-refractivity contribution is -0.384. The molecule has 0 saturated carbocycles. The van der Waals surface area contributed by atoms with E-state index < -0.39 is 4.92 Å². The van der Waals surface area contributed by atoms with E-state index in [4.69, 9.17) is 4.74 Å². The molecule has 0 radical (unpaired) electrons. The molecule has 0 aliphatic heterocycles. The fraction of sp³-hybridized carbons (Fsp3) is 0.500. The molecular formula is C12H18N2O3. The van der Waals surface area contributed by atoms with Crippen molar-refractivity contribution in [1.29, 1.82) is 0 Å². The molecule has 0 aliphatic rings. The number of nitro benzene ring substituents is 1. The van der Waals surface area contributed by atoms with E-state index in [1.54, 1.807) is 12.1 Å². The van der Waals surface area contributed by atoms with Crippen molar-refractivity contribution in [2.75, 3.05) is 19.7 Å². The Morgan fingerprint density at radius 3 is 2.94 bits per heavy atom. The largest absolute Gasteiger partial charge is 0.493 e. The van der Waals surface area contributed by atoms with E-state index in [1.807, 2.05) is 6.92 Å². The van der Waals surface area contributed by atoms with E-state index >= 15 is 0 Å². The van der Waals surface area contributed by atoms with Crippen LogP contribution in [0.25, 0.3) is 0 Å². The van der Waals surface area contributed by atoms with E-state index in [0.29, 0.717) is 18.3 Å². The zero-order valence-electron chi connectivity index (χ0n) is 10.2. The van der Waals surface area contributed by atoms with Crippen molar-refractivity contribution in [3.63, 3.8) is 0 Å². The van der Waals surface area contributed by atoms with Gasteiger partial charge in [-0.05, 0) is 12.6 Å². The molecule has 17 heavy (non-hydrogen) atoms. The molecule has 1 N–H and O–H groups in total. The third-order valence-electron chi connectivity index (χ3n) is 2.31. The van der Waals surface area contributed by atoms with Gasteiger partial charge in [-0.3, -0.25) is 10.1 Å². The van der Waals surface area contributed by atoms with Crippen LogP contribution >= 0.6 is 0 Å². The van der Waals surface area contributed by atoms with Crippen molar-refractivity contribution >= 4 is 5.69 Å². The molecule has 0 amide bonds. The molecule has 0 bridgehead atoms. The molecule has 5 heteroatoms. The minimum absolute atomic E-state index is 0.0573. The first-order valence-corrected chi connectivity index (χ1v) is 5.71. The number of hydrogen-bond donors (Lipinski definition) is 1. The molecule has 0 heterocycles. The summed E-state index contributed by atoms with van der Waals surface area (Å²) in [4.78, 5) is 10.2. The summed E-state index contributed by atoms with van der Waals surface area (Å²) in [5, 5.41) is 13.8. The SMILES string of the molecule is CCNCC(C)COc1cccc([N+](=O)[O-])c1. The van der Waals surface area contributed by atoms with Gasteiger partial charge in [0, 0.05) is 18.5 Å². The van der Waals surface area contributed by atoms with Crippen LogP contribution in [0.2, 0.25) is 0 Å². The molecule has 0 spiro atoms. The summed E-state index contributed by atoms with van der Waals surface area (Å²) in [5.41, 5.74) is 0.0573. The quantitative estimate of drug-likeness (QED) is 0.584. The van der Waals surface area contributed by atoms with Gasteiger partial charge in [0.2, 0.25) is 0 Å². The van der Waals surface area contributed by atoms with Gasteiger partial charge >= 0.3 is 0 Å². The normalized spacial score (nSPS) is 12.1. The summed E-state index contributed by atoms with van der Waals surface area (Å²) in [6, 6.07) is 6.25. The van der Waals surface area contributed by atoms with Crippen molar-refractivity contribution < 1.29 is 9.66 Å². The topological polar surface area (TPSA) is 64.4 Å². The molecule has 1 unspecified atom stereocenters. The Morgan fingerprint density at radius 2 is 2.29 bits per heavy atom. The van der Waals surface area contributed by atoms with E-state index in [-0.39, 0.29) is 5.69 Å². The number of non-ortho nitro benzene ring substituents is 1. The molecule has 0 aromatic heterocycles. The van der Waals surface area contributed by atoms with E-state index in [0.717, 1.165) is 13.1 Å². The van der Waals surface area contributed by atoms with E-state index in [2.05, 4.69) is 12.2 Å².